The lowest BCUT2D eigenvalue weighted by molar-refractivity contribution is -0.119. The Morgan fingerprint density at radius 3 is 2.38 bits per heavy atom. The normalized spacial score (nSPS) is 25.1. The molecule has 7 heteroatoms. The Balaban J connectivity index is 1.75. The van der Waals surface area contributed by atoms with Crippen LogP contribution in [0.3, 0.4) is 0 Å². The molecular formula is C30H38N2O5. The van der Waals surface area contributed by atoms with Crippen molar-refractivity contribution in [2.24, 2.45) is 10.8 Å². The Kier molecular flexibility index (Phi) is 6.16. The summed E-state index contributed by atoms with van der Waals surface area (Å²) in [4.78, 5) is 28.4. The highest BCUT2D eigenvalue weighted by Gasteiger charge is 2.56. The predicted octanol–water partition coefficient (Wildman–Crippen LogP) is 4.88. The third-order valence-electron chi connectivity index (χ3n) is 8.60. The molecule has 1 saturated heterocycles. The molecule has 5 rings (SSSR count). The second-order valence-corrected chi connectivity index (χ2v) is 11.9. The van der Waals surface area contributed by atoms with Gasteiger partial charge < -0.3 is 24.4 Å². The van der Waals surface area contributed by atoms with Gasteiger partial charge in [-0.05, 0) is 71.4 Å². The minimum absolute atomic E-state index is 0.0218. The van der Waals surface area contributed by atoms with Gasteiger partial charge in [-0.1, -0.05) is 26.8 Å². The Labute approximate surface area is 219 Å². The van der Waals surface area contributed by atoms with Crippen molar-refractivity contribution >= 4 is 11.6 Å². The van der Waals surface area contributed by atoms with Crippen molar-refractivity contribution in [2.45, 2.75) is 65.5 Å². The maximum absolute atomic E-state index is 13.9. The summed E-state index contributed by atoms with van der Waals surface area (Å²) < 4.78 is 17.2. The van der Waals surface area contributed by atoms with E-state index in [0.29, 0.717) is 36.1 Å². The van der Waals surface area contributed by atoms with Crippen LogP contribution in [0.2, 0.25) is 0 Å². The van der Waals surface area contributed by atoms with Gasteiger partial charge in [-0.3, -0.25) is 9.59 Å². The second kappa shape index (κ2) is 8.96. The number of aryl methyl sites for hydroxylation is 1. The number of nitrogens with zero attached hydrogens (tertiary/aromatic N) is 1. The van der Waals surface area contributed by atoms with E-state index >= 15 is 0 Å². The molecule has 0 radical (unpaired) electrons. The molecule has 37 heavy (non-hydrogen) atoms. The number of anilines is 1. The quantitative estimate of drug-likeness (QED) is 0.623. The van der Waals surface area contributed by atoms with Crippen molar-refractivity contribution in [1.82, 2.24) is 5.32 Å². The van der Waals surface area contributed by atoms with Crippen molar-refractivity contribution in [3.63, 3.8) is 0 Å². The van der Waals surface area contributed by atoms with Crippen LogP contribution in [0.4, 0.5) is 5.69 Å². The standard InChI is InChI=1S/C30H38N2O5/c1-17(33)31-21-10-8-18-12-24(35-5)27(36-6)28(37-7)26(18)19-9-11-22(23(34)13-20(19)21)32-16-30(4)14-25(32)29(2,3)15-30/h9,11-13,21,25H,8,10,14-16H2,1-7H3,(H,31,33). The number of benzene rings is 1. The molecule has 198 valence electrons. The highest BCUT2D eigenvalue weighted by Crippen LogP contribution is 2.57. The number of hydrogen-bond donors (Lipinski definition) is 1. The summed E-state index contributed by atoms with van der Waals surface area (Å²) in [6.07, 6.45) is 3.59. The van der Waals surface area contributed by atoms with E-state index in [0.717, 1.165) is 40.9 Å². The van der Waals surface area contributed by atoms with E-state index in [1.165, 1.54) is 13.3 Å². The van der Waals surface area contributed by atoms with Gasteiger partial charge in [0.15, 0.2) is 11.5 Å². The fourth-order valence-electron chi connectivity index (χ4n) is 7.40. The van der Waals surface area contributed by atoms with Gasteiger partial charge in [-0.25, -0.2) is 0 Å². The van der Waals surface area contributed by atoms with Gasteiger partial charge >= 0.3 is 0 Å². The summed E-state index contributed by atoms with van der Waals surface area (Å²) in [6, 6.07) is 7.73. The molecule has 2 bridgehead atoms. The highest BCUT2D eigenvalue weighted by molar-refractivity contribution is 5.84. The van der Waals surface area contributed by atoms with Crippen LogP contribution in [0.15, 0.2) is 29.1 Å². The number of ether oxygens (including phenoxy) is 3. The summed E-state index contributed by atoms with van der Waals surface area (Å²) in [5.41, 5.74) is 4.61. The second-order valence-electron chi connectivity index (χ2n) is 11.9. The molecule has 2 aromatic rings. The van der Waals surface area contributed by atoms with Crippen LogP contribution < -0.4 is 29.9 Å². The zero-order chi connectivity index (χ0) is 26.7. The van der Waals surface area contributed by atoms with Crippen LogP contribution >= 0.6 is 0 Å². The van der Waals surface area contributed by atoms with Crippen molar-refractivity contribution in [3.8, 4) is 28.4 Å². The number of hydrogen-bond acceptors (Lipinski definition) is 6. The van der Waals surface area contributed by atoms with Gasteiger partial charge in [0, 0.05) is 25.1 Å². The number of piperidine rings is 1. The van der Waals surface area contributed by atoms with E-state index in [9.17, 15) is 9.59 Å². The Bertz CT molecular complexity index is 1320. The molecule has 1 aliphatic heterocycles. The largest absolute Gasteiger partial charge is 0.493 e. The molecule has 1 amide bonds. The van der Waals surface area contributed by atoms with Crippen molar-refractivity contribution in [2.75, 3.05) is 32.8 Å². The molecule has 2 aliphatic carbocycles. The van der Waals surface area contributed by atoms with Gasteiger partial charge in [0.05, 0.1) is 33.1 Å². The van der Waals surface area contributed by atoms with Gasteiger partial charge in [0.2, 0.25) is 17.1 Å². The maximum atomic E-state index is 13.9. The third-order valence-corrected chi connectivity index (χ3v) is 8.60. The van der Waals surface area contributed by atoms with E-state index < -0.39 is 0 Å². The van der Waals surface area contributed by atoms with E-state index in [2.05, 4.69) is 31.0 Å². The molecule has 1 saturated carbocycles. The van der Waals surface area contributed by atoms with Crippen LogP contribution in [0, 0.1) is 10.8 Å². The Morgan fingerprint density at radius 2 is 1.78 bits per heavy atom. The number of rotatable bonds is 5. The van der Waals surface area contributed by atoms with Crippen molar-refractivity contribution in [1.29, 1.82) is 0 Å². The predicted molar refractivity (Wildman–Crippen MR) is 145 cm³/mol. The fraction of sp³-hybridized carbons (Fsp3) is 0.533. The molecular weight excluding hydrogens is 468 g/mol. The molecule has 3 atom stereocenters. The summed E-state index contributed by atoms with van der Waals surface area (Å²) in [7, 11) is 4.81. The molecule has 7 nitrogen and oxygen atoms in total. The first-order valence-electron chi connectivity index (χ1n) is 13.1. The lowest BCUT2D eigenvalue weighted by Gasteiger charge is -2.42. The Morgan fingerprint density at radius 1 is 1.05 bits per heavy atom. The molecule has 0 aromatic heterocycles. The van der Waals surface area contributed by atoms with Crippen LogP contribution in [0.25, 0.3) is 11.1 Å². The first-order chi connectivity index (χ1) is 17.5. The zero-order valence-electron chi connectivity index (χ0n) is 23.0. The van der Waals surface area contributed by atoms with Crippen LogP contribution in [0.1, 0.15) is 64.1 Å². The van der Waals surface area contributed by atoms with E-state index in [1.54, 1.807) is 27.4 Å². The first-order valence-corrected chi connectivity index (χ1v) is 13.1. The fourth-order valence-corrected chi connectivity index (χ4v) is 7.40. The number of amides is 1. The number of carbonyl (C=O) groups is 1. The molecule has 0 spiro atoms. The van der Waals surface area contributed by atoms with E-state index in [-0.39, 0.29) is 28.2 Å². The maximum Gasteiger partial charge on any atom is 0.217 e. The molecule has 2 aromatic carbocycles. The van der Waals surface area contributed by atoms with Crippen LogP contribution in [-0.4, -0.2) is 39.8 Å². The minimum atomic E-state index is -0.307. The monoisotopic (exact) mass is 506 g/mol. The van der Waals surface area contributed by atoms with Crippen molar-refractivity contribution < 1.29 is 19.0 Å². The van der Waals surface area contributed by atoms with E-state index in [1.807, 2.05) is 18.2 Å². The molecule has 1 N–H and O–H groups in total. The molecule has 1 heterocycles. The molecule has 3 aliphatic rings. The number of methoxy groups -OCH3 is 3. The summed E-state index contributed by atoms with van der Waals surface area (Å²) >= 11 is 0. The van der Waals surface area contributed by atoms with Crippen LogP contribution in [-0.2, 0) is 11.2 Å². The lowest BCUT2D eigenvalue weighted by Crippen LogP contribution is -2.46. The number of fused-ring (bicyclic) bond motifs is 5. The van der Waals surface area contributed by atoms with Gasteiger partial charge in [0.25, 0.3) is 0 Å². The number of nitrogens with one attached hydrogen (secondary N) is 1. The summed E-state index contributed by atoms with van der Waals surface area (Å²) in [6.45, 7) is 9.35. The SMILES string of the molecule is COc1cc2c(c(OC)c1OC)-c1ccc(N3CC4(C)CC3C(C)(C)C4)c(=O)cc1C(NC(C)=O)CC2. The van der Waals surface area contributed by atoms with E-state index in [4.69, 9.17) is 14.2 Å². The van der Waals surface area contributed by atoms with Crippen molar-refractivity contribution in [3.05, 3.63) is 45.6 Å². The first kappa shape index (κ1) is 25.4. The van der Waals surface area contributed by atoms with Gasteiger partial charge in [-0.2, -0.15) is 0 Å². The van der Waals surface area contributed by atoms with Gasteiger partial charge in [-0.15, -0.1) is 0 Å². The smallest absolute Gasteiger partial charge is 0.217 e. The number of carbonyl (C=O) groups excluding carboxylic acids is 1. The molecule has 3 unspecified atom stereocenters. The topological polar surface area (TPSA) is 77.1 Å². The average molecular weight is 507 g/mol. The van der Waals surface area contributed by atoms with Crippen LogP contribution in [0.5, 0.6) is 17.2 Å². The minimum Gasteiger partial charge on any atom is -0.493 e. The highest BCUT2D eigenvalue weighted by atomic mass is 16.5. The summed E-state index contributed by atoms with van der Waals surface area (Å²) in [5, 5.41) is 3.09. The third kappa shape index (κ3) is 4.12. The lowest BCUT2D eigenvalue weighted by atomic mass is 9.79. The molecule has 2 fully saturated rings. The zero-order valence-corrected chi connectivity index (χ0v) is 23.0. The van der Waals surface area contributed by atoms with Gasteiger partial charge in [0.1, 0.15) is 0 Å². The summed E-state index contributed by atoms with van der Waals surface area (Å²) in [5.74, 6) is 1.53. The Hall–Kier alpha value is -3.22. The average Bonchev–Trinajstić information content (AvgIpc) is 3.17.